The second-order valence-electron chi connectivity index (χ2n) is 2.25. The van der Waals surface area contributed by atoms with Crippen LogP contribution in [0.3, 0.4) is 0 Å². The van der Waals surface area contributed by atoms with Gasteiger partial charge in [-0.15, -0.1) is 0 Å². The van der Waals surface area contributed by atoms with Crippen LogP contribution in [0.5, 0.6) is 0 Å². The summed E-state index contributed by atoms with van der Waals surface area (Å²) in [5.74, 6) is 0. The van der Waals surface area contributed by atoms with Gasteiger partial charge in [0.05, 0.1) is 0 Å². The molecule has 0 atom stereocenters. The Bertz CT molecular complexity index is 306. The Kier molecular flexibility index (Phi) is 2.03. The Morgan fingerprint density at radius 1 is 1.55 bits per heavy atom. The quantitative estimate of drug-likeness (QED) is 0.663. The summed E-state index contributed by atoms with van der Waals surface area (Å²) in [6, 6.07) is 1.18. The van der Waals surface area contributed by atoms with Crippen LogP contribution in [0, 0.1) is 6.92 Å². The lowest BCUT2D eigenvalue weighted by Crippen LogP contribution is -2.09. The summed E-state index contributed by atoms with van der Waals surface area (Å²) in [6.45, 7) is 1.49. The molecule has 60 valence electrons. The third-order valence-electron chi connectivity index (χ3n) is 1.36. The van der Waals surface area contributed by atoms with Crippen LogP contribution >= 0.6 is 0 Å². The standard InChI is InChI=1S/C7H7F2NO/c1-4-2-5(6(8)9)3-10-7(4)11/h2-3,6H,1H3,(H,10,11). The predicted octanol–water partition coefficient (Wildman–Crippen LogP) is 1.62. The Balaban J connectivity index is 3.15. The third kappa shape index (κ3) is 1.63. The van der Waals surface area contributed by atoms with Gasteiger partial charge in [0.25, 0.3) is 12.0 Å². The number of hydrogen-bond donors (Lipinski definition) is 1. The monoisotopic (exact) mass is 159 g/mol. The number of hydrogen-bond acceptors (Lipinski definition) is 1. The van der Waals surface area contributed by atoms with Crippen molar-refractivity contribution in [3.05, 3.63) is 33.7 Å². The molecule has 1 rings (SSSR count). The van der Waals surface area contributed by atoms with Gasteiger partial charge in [-0.1, -0.05) is 0 Å². The van der Waals surface area contributed by atoms with Crippen LogP contribution < -0.4 is 5.56 Å². The lowest BCUT2D eigenvalue weighted by molar-refractivity contribution is 0.151. The number of alkyl halides is 2. The Morgan fingerprint density at radius 3 is 2.64 bits per heavy atom. The highest BCUT2D eigenvalue weighted by Gasteiger charge is 2.06. The van der Waals surface area contributed by atoms with Crippen LogP contribution in [0.25, 0.3) is 0 Å². The number of aromatic nitrogens is 1. The molecule has 1 aromatic heterocycles. The molecule has 1 aromatic rings. The van der Waals surface area contributed by atoms with E-state index in [0.717, 1.165) is 6.20 Å². The van der Waals surface area contributed by atoms with E-state index in [1.807, 2.05) is 0 Å². The highest BCUT2D eigenvalue weighted by atomic mass is 19.3. The van der Waals surface area contributed by atoms with Gasteiger partial charge in [0.1, 0.15) is 0 Å². The van der Waals surface area contributed by atoms with Gasteiger partial charge in [-0.05, 0) is 13.0 Å². The first kappa shape index (κ1) is 7.91. The summed E-state index contributed by atoms with van der Waals surface area (Å²) in [5, 5.41) is 0. The maximum atomic E-state index is 12.0. The molecule has 0 aliphatic carbocycles. The van der Waals surface area contributed by atoms with Gasteiger partial charge in [0, 0.05) is 17.3 Å². The first-order valence-electron chi connectivity index (χ1n) is 3.08. The molecule has 1 heterocycles. The van der Waals surface area contributed by atoms with E-state index in [0.29, 0.717) is 5.56 Å². The lowest BCUT2D eigenvalue weighted by atomic mass is 10.2. The highest BCUT2D eigenvalue weighted by Crippen LogP contribution is 2.16. The molecule has 0 saturated carbocycles. The minimum Gasteiger partial charge on any atom is -0.328 e. The molecule has 4 heteroatoms. The predicted molar refractivity (Wildman–Crippen MR) is 36.8 cm³/mol. The van der Waals surface area contributed by atoms with Crippen LogP contribution in [-0.4, -0.2) is 4.98 Å². The van der Waals surface area contributed by atoms with Crippen molar-refractivity contribution in [2.75, 3.05) is 0 Å². The number of pyridine rings is 1. The molecule has 1 N–H and O–H groups in total. The SMILES string of the molecule is Cc1cc(C(F)F)c[nH]c1=O. The number of aromatic amines is 1. The van der Waals surface area contributed by atoms with Crippen molar-refractivity contribution in [2.24, 2.45) is 0 Å². The number of aryl methyl sites for hydroxylation is 1. The summed E-state index contributed by atoms with van der Waals surface area (Å²) in [6.07, 6.45) is -1.49. The zero-order valence-electron chi connectivity index (χ0n) is 5.90. The number of H-pyrrole nitrogens is 1. The summed E-state index contributed by atoms with van der Waals surface area (Å²) in [4.78, 5) is 12.9. The van der Waals surface area contributed by atoms with E-state index in [1.165, 1.54) is 13.0 Å². The topological polar surface area (TPSA) is 32.9 Å². The molecule has 0 amide bonds. The maximum absolute atomic E-state index is 12.0. The number of rotatable bonds is 1. The van der Waals surface area contributed by atoms with Crippen molar-refractivity contribution in [2.45, 2.75) is 13.3 Å². The van der Waals surface area contributed by atoms with Gasteiger partial charge in [0.2, 0.25) is 0 Å². The summed E-state index contributed by atoms with van der Waals surface area (Å²) < 4.78 is 23.9. The second-order valence-corrected chi connectivity index (χ2v) is 2.25. The fraction of sp³-hybridized carbons (Fsp3) is 0.286. The summed E-state index contributed by atoms with van der Waals surface area (Å²) >= 11 is 0. The normalized spacial score (nSPS) is 10.5. The minimum atomic E-state index is -2.52. The van der Waals surface area contributed by atoms with Crippen molar-refractivity contribution < 1.29 is 8.78 Å². The van der Waals surface area contributed by atoms with Gasteiger partial charge in [-0.2, -0.15) is 0 Å². The fourth-order valence-corrected chi connectivity index (χ4v) is 0.746. The molecule has 0 aromatic carbocycles. The van der Waals surface area contributed by atoms with Gasteiger partial charge >= 0.3 is 0 Å². The van der Waals surface area contributed by atoms with E-state index in [2.05, 4.69) is 4.98 Å². The molecule has 0 bridgehead atoms. The van der Waals surface area contributed by atoms with Crippen molar-refractivity contribution in [3.63, 3.8) is 0 Å². The van der Waals surface area contributed by atoms with E-state index in [4.69, 9.17) is 0 Å². The lowest BCUT2D eigenvalue weighted by Gasteiger charge is -1.98. The Labute approximate surface area is 61.9 Å². The van der Waals surface area contributed by atoms with E-state index in [9.17, 15) is 13.6 Å². The van der Waals surface area contributed by atoms with Gasteiger partial charge in [0.15, 0.2) is 0 Å². The van der Waals surface area contributed by atoms with Crippen LogP contribution in [-0.2, 0) is 0 Å². The van der Waals surface area contributed by atoms with Crippen LogP contribution in [0.4, 0.5) is 8.78 Å². The second kappa shape index (κ2) is 2.82. The van der Waals surface area contributed by atoms with Crippen LogP contribution in [0.1, 0.15) is 17.6 Å². The van der Waals surface area contributed by atoms with Gasteiger partial charge in [-0.3, -0.25) is 4.79 Å². The molecular formula is C7H7F2NO. The molecule has 0 saturated heterocycles. The minimum absolute atomic E-state index is 0.151. The number of nitrogens with one attached hydrogen (secondary N) is 1. The molecule has 2 nitrogen and oxygen atoms in total. The average molecular weight is 159 g/mol. The van der Waals surface area contributed by atoms with E-state index < -0.39 is 6.43 Å². The molecule has 0 aliphatic heterocycles. The molecule has 11 heavy (non-hydrogen) atoms. The molecule has 0 aliphatic rings. The van der Waals surface area contributed by atoms with E-state index >= 15 is 0 Å². The zero-order valence-corrected chi connectivity index (χ0v) is 5.90. The Hall–Kier alpha value is -1.19. The number of halogens is 2. The van der Waals surface area contributed by atoms with Crippen molar-refractivity contribution in [3.8, 4) is 0 Å². The average Bonchev–Trinajstić information content (AvgIpc) is 1.94. The van der Waals surface area contributed by atoms with Crippen LogP contribution in [0.15, 0.2) is 17.1 Å². The Morgan fingerprint density at radius 2 is 2.18 bits per heavy atom. The first-order chi connectivity index (χ1) is 5.11. The van der Waals surface area contributed by atoms with E-state index in [-0.39, 0.29) is 11.1 Å². The summed E-state index contributed by atoms with van der Waals surface area (Å²) in [5.41, 5.74) is -0.167. The fourth-order valence-electron chi connectivity index (χ4n) is 0.746. The maximum Gasteiger partial charge on any atom is 0.265 e. The van der Waals surface area contributed by atoms with E-state index in [1.54, 1.807) is 0 Å². The summed E-state index contributed by atoms with van der Waals surface area (Å²) in [7, 11) is 0. The van der Waals surface area contributed by atoms with Crippen molar-refractivity contribution in [1.82, 2.24) is 4.98 Å². The van der Waals surface area contributed by atoms with Crippen molar-refractivity contribution >= 4 is 0 Å². The highest BCUT2D eigenvalue weighted by molar-refractivity contribution is 5.17. The molecule has 0 spiro atoms. The van der Waals surface area contributed by atoms with Gasteiger partial charge < -0.3 is 4.98 Å². The molecule has 0 fully saturated rings. The largest absolute Gasteiger partial charge is 0.328 e. The zero-order chi connectivity index (χ0) is 8.43. The van der Waals surface area contributed by atoms with Crippen LogP contribution in [0.2, 0.25) is 0 Å². The first-order valence-corrected chi connectivity index (χ1v) is 3.08. The van der Waals surface area contributed by atoms with Gasteiger partial charge in [-0.25, -0.2) is 8.78 Å². The van der Waals surface area contributed by atoms with Crippen molar-refractivity contribution in [1.29, 1.82) is 0 Å². The third-order valence-corrected chi connectivity index (χ3v) is 1.36. The molecule has 0 unspecified atom stereocenters. The molecule has 0 radical (unpaired) electrons. The smallest absolute Gasteiger partial charge is 0.265 e. The molecular weight excluding hydrogens is 152 g/mol.